The minimum absolute atomic E-state index is 0.134. The first-order chi connectivity index (χ1) is 23.8. The Morgan fingerprint density at radius 1 is 0.458 bits per heavy atom. The van der Waals surface area contributed by atoms with Crippen LogP contribution in [-0.4, -0.2) is 49.8 Å². The molecule has 0 aliphatic carbocycles. The van der Waals surface area contributed by atoms with E-state index in [1.54, 1.807) is 0 Å². The quantitative estimate of drug-likeness (QED) is 0.139. The van der Waals surface area contributed by atoms with Crippen molar-refractivity contribution in [2.24, 2.45) is 0 Å². The standard InChI is InChI=1S/C42H42O6/c1-5-15-33(16-6-1)27-43-31-41-39(45-29-35-19-9-3-10-20-35)25-37(47-41)23-13-14-24-38-26-40(46-30-36-21-11-4-12-22-36)42(48-38)32-44-28-34-17-7-2-8-18-34/h1-12,15-22,37-42H,25-32H2/t37-,38-,39-,40-,41+,42+/m0/s1. The molecule has 4 aromatic rings. The Morgan fingerprint density at radius 2 is 0.792 bits per heavy atom. The van der Waals surface area contributed by atoms with Crippen molar-refractivity contribution in [3.05, 3.63) is 144 Å². The fraction of sp³-hybridized carbons (Fsp3) is 0.333. The molecule has 6 heteroatoms. The van der Waals surface area contributed by atoms with Crippen LogP contribution < -0.4 is 0 Å². The van der Waals surface area contributed by atoms with Crippen molar-refractivity contribution in [3.8, 4) is 23.7 Å². The fourth-order valence-electron chi connectivity index (χ4n) is 5.79. The first-order valence-corrected chi connectivity index (χ1v) is 16.6. The molecule has 0 N–H and O–H groups in total. The molecule has 6 nitrogen and oxygen atoms in total. The molecule has 2 saturated heterocycles. The Balaban J connectivity index is 1.04. The zero-order chi connectivity index (χ0) is 32.6. The van der Waals surface area contributed by atoms with Crippen LogP contribution in [0.4, 0.5) is 0 Å². The van der Waals surface area contributed by atoms with Crippen molar-refractivity contribution in [2.45, 2.75) is 75.9 Å². The molecule has 0 bridgehead atoms. The highest BCUT2D eigenvalue weighted by atomic mass is 16.6. The highest BCUT2D eigenvalue weighted by Gasteiger charge is 2.36. The van der Waals surface area contributed by atoms with Crippen molar-refractivity contribution in [2.75, 3.05) is 13.2 Å². The first kappa shape index (κ1) is 33.7. The molecular weight excluding hydrogens is 600 g/mol. The highest BCUT2D eigenvalue weighted by molar-refractivity contribution is 5.30. The second-order valence-electron chi connectivity index (χ2n) is 12.0. The third kappa shape index (κ3) is 10.6. The Morgan fingerprint density at radius 3 is 1.15 bits per heavy atom. The summed E-state index contributed by atoms with van der Waals surface area (Å²) in [4.78, 5) is 0. The molecule has 6 rings (SSSR count). The van der Waals surface area contributed by atoms with Gasteiger partial charge in [0.1, 0.15) is 24.4 Å². The smallest absolute Gasteiger partial charge is 0.122 e. The Kier molecular flexibility index (Phi) is 12.9. The van der Waals surface area contributed by atoms with Crippen LogP contribution in [0.15, 0.2) is 121 Å². The topological polar surface area (TPSA) is 55.4 Å². The number of benzene rings is 4. The van der Waals surface area contributed by atoms with Crippen molar-refractivity contribution in [1.29, 1.82) is 0 Å². The van der Waals surface area contributed by atoms with Crippen molar-refractivity contribution in [3.63, 3.8) is 0 Å². The lowest BCUT2D eigenvalue weighted by atomic mass is 10.1. The molecule has 0 radical (unpaired) electrons. The summed E-state index contributed by atoms with van der Waals surface area (Å²) in [6.07, 6.45) is 0.000723. The van der Waals surface area contributed by atoms with E-state index < -0.39 is 0 Å². The van der Waals surface area contributed by atoms with Crippen molar-refractivity contribution >= 4 is 0 Å². The lowest BCUT2D eigenvalue weighted by Gasteiger charge is -2.19. The molecule has 6 atom stereocenters. The molecule has 0 spiro atoms. The number of hydrogen-bond acceptors (Lipinski definition) is 6. The maximum Gasteiger partial charge on any atom is 0.122 e. The molecule has 2 fully saturated rings. The zero-order valence-electron chi connectivity index (χ0n) is 27.1. The van der Waals surface area contributed by atoms with E-state index in [-0.39, 0.29) is 36.6 Å². The van der Waals surface area contributed by atoms with Gasteiger partial charge >= 0.3 is 0 Å². The third-order valence-electron chi connectivity index (χ3n) is 8.33. The van der Waals surface area contributed by atoms with Crippen LogP contribution in [0.3, 0.4) is 0 Å². The van der Waals surface area contributed by atoms with Crippen LogP contribution in [0, 0.1) is 23.7 Å². The van der Waals surface area contributed by atoms with E-state index in [1.807, 2.05) is 72.8 Å². The number of hydrogen-bond donors (Lipinski definition) is 0. The van der Waals surface area contributed by atoms with Gasteiger partial charge in [-0.1, -0.05) is 133 Å². The summed E-state index contributed by atoms with van der Waals surface area (Å²) in [7, 11) is 0. The van der Waals surface area contributed by atoms with Gasteiger partial charge in [-0.05, 0) is 34.1 Å². The maximum atomic E-state index is 6.31. The van der Waals surface area contributed by atoms with E-state index in [9.17, 15) is 0 Å². The van der Waals surface area contributed by atoms with Gasteiger partial charge in [-0.15, -0.1) is 0 Å². The van der Waals surface area contributed by atoms with Gasteiger partial charge in [0.15, 0.2) is 0 Å². The summed E-state index contributed by atoms with van der Waals surface area (Å²) in [5, 5.41) is 0. The van der Waals surface area contributed by atoms with Gasteiger partial charge in [0.2, 0.25) is 0 Å². The molecule has 0 aromatic heterocycles. The Bertz CT molecular complexity index is 1500. The first-order valence-electron chi connectivity index (χ1n) is 16.6. The van der Waals surface area contributed by atoms with E-state index in [4.69, 9.17) is 28.4 Å². The monoisotopic (exact) mass is 642 g/mol. The second-order valence-corrected chi connectivity index (χ2v) is 12.0. The SMILES string of the molecule is C(C#C[C@H]1C[C@H](OCc2ccccc2)[C@@H](COCc2ccccc2)O1)#C[C@H]1C[C@H](OCc2ccccc2)[C@@H](COCc2ccccc2)O1. The number of ether oxygens (including phenoxy) is 6. The van der Waals surface area contributed by atoms with Gasteiger partial charge in [-0.2, -0.15) is 0 Å². The molecule has 0 amide bonds. The molecule has 246 valence electrons. The van der Waals surface area contributed by atoms with Crippen LogP contribution >= 0.6 is 0 Å². The molecular formula is C42H42O6. The van der Waals surface area contributed by atoms with Crippen molar-refractivity contribution < 1.29 is 28.4 Å². The normalized spacial score (nSPS) is 23.2. The van der Waals surface area contributed by atoms with Crippen LogP contribution in [-0.2, 0) is 54.8 Å². The van der Waals surface area contributed by atoms with Crippen LogP contribution in [0.5, 0.6) is 0 Å². The van der Waals surface area contributed by atoms with Crippen LogP contribution in [0.1, 0.15) is 35.1 Å². The molecule has 0 saturated carbocycles. The predicted molar refractivity (Wildman–Crippen MR) is 184 cm³/mol. The van der Waals surface area contributed by atoms with E-state index in [1.165, 1.54) is 0 Å². The van der Waals surface area contributed by atoms with Gasteiger partial charge in [0, 0.05) is 12.8 Å². The summed E-state index contributed by atoms with van der Waals surface area (Å²) in [5.41, 5.74) is 4.48. The highest BCUT2D eigenvalue weighted by Crippen LogP contribution is 2.26. The summed E-state index contributed by atoms with van der Waals surface area (Å²) in [6, 6.07) is 40.6. The Hall–Kier alpha value is -4.24. The predicted octanol–water partition coefficient (Wildman–Crippen LogP) is 6.91. The molecule has 48 heavy (non-hydrogen) atoms. The largest absolute Gasteiger partial charge is 0.374 e. The maximum absolute atomic E-state index is 6.31. The fourth-order valence-corrected chi connectivity index (χ4v) is 5.79. The third-order valence-corrected chi connectivity index (χ3v) is 8.33. The average Bonchev–Trinajstić information content (AvgIpc) is 3.72. The van der Waals surface area contributed by atoms with Gasteiger partial charge in [-0.3, -0.25) is 0 Å². The Labute approximate surface area is 284 Å². The van der Waals surface area contributed by atoms with Gasteiger partial charge < -0.3 is 28.4 Å². The van der Waals surface area contributed by atoms with E-state index in [0.29, 0.717) is 52.5 Å². The molecule has 2 aliphatic heterocycles. The van der Waals surface area contributed by atoms with Crippen molar-refractivity contribution in [1.82, 2.24) is 0 Å². The lowest BCUT2D eigenvalue weighted by Crippen LogP contribution is -2.29. The molecule has 4 aromatic carbocycles. The van der Waals surface area contributed by atoms with Gasteiger partial charge in [0.05, 0.1) is 51.8 Å². The van der Waals surface area contributed by atoms with Crippen LogP contribution in [0.25, 0.3) is 0 Å². The van der Waals surface area contributed by atoms with E-state index in [0.717, 1.165) is 22.3 Å². The van der Waals surface area contributed by atoms with Gasteiger partial charge in [-0.25, -0.2) is 0 Å². The van der Waals surface area contributed by atoms with Gasteiger partial charge in [0.25, 0.3) is 0 Å². The summed E-state index contributed by atoms with van der Waals surface area (Å²) in [6.45, 7) is 2.89. The zero-order valence-corrected chi connectivity index (χ0v) is 27.1. The minimum atomic E-state index is -0.295. The lowest BCUT2D eigenvalue weighted by molar-refractivity contribution is -0.0651. The molecule has 0 unspecified atom stereocenters. The average molecular weight is 643 g/mol. The minimum Gasteiger partial charge on any atom is -0.374 e. The molecule has 2 heterocycles. The van der Waals surface area contributed by atoms with E-state index in [2.05, 4.69) is 72.2 Å². The summed E-state index contributed by atoms with van der Waals surface area (Å²) < 4.78 is 37.3. The summed E-state index contributed by atoms with van der Waals surface area (Å²) >= 11 is 0. The number of rotatable bonds is 14. The van der Waals surface area contributed by atoms with E-state index >= 15 is 0 Å². The van der Waals surface area contributed by atoms with Crippen LogP contribution in [0.2, 0.25) is 0 Å². The summed E-state index contributed by atoms with van der Waals surface area (Å²) in [5.74, 6) is 12.4. The second kappa shape index (κ2) is 18.3. The molecule has 2 aliphatic rings.